The minimum atomic E-state index is -0.113. The van der Waals surface area contributed by atoms with E-state index in [4.69, 9.17) is 25.8 Å². The zero-order valence-corrected chi connectivity index (χ0v) is 22.4. The second-order valence-corrected chi connectivity index (χ2v) is 10.2. The van der Waals surface area contributed by atoms with Gasteiger partial charge >= 0.3 is 0 Å². The molecule has 0 spiro atoms. The molecule has 0 N–H and O–H groups in total. The Morgan fingerprint density at radius 3 is 2.55 bits per heavy atom. The number of ether oxygens (including phenoxy) is 3. The number of benzene rings is 3. The predicted molar refractivity (Wildman–Crippen MR) is 149 cm³/mol. The van der Waals surface area contributed by atoms with Crippen molar-refractivity contribution in [2.45, 2.75) is 38.1 Å². The second kappa shape index (κ2) is 13.1. The van der Waals surface area contributed by atoms with Gasteiger partial charge in [0.1, 0.15) is 12.4 Å². The standard InChI is InChI=1S/C31H34ClN3O3/c32-28-20-27(36-18-19-38-31-8-4-5-17-37-31)13-14-29(28)35-16-15-34(22-25-6-2-1-3-7-25)23-30(35)26-11-9-24(21-33)10-12-26/h1-3,6-7,9-14,20,30-31H,4-5,8,15-19,22-23H2/t30-,31?/m0/s1. The minimum absolute atomic E-state index is 0.105. The molecule has 2 heterocycles. The first-order valence-electron chi connectivity index (χ1n) is 13.4. The normalized spacial score (nSPS) is 20.2. The summed E-state index contributed by atoms with van der Waals surface area (Å²) in [6.07, 6.45) is 3.08. The third-order valence-corrected chi connectivity index (χ3v) is 7.46. The van der Waals surface area contributed by atoms with E-state index in [1.165, 1.54) is 11.1 Å². The van der Waals surface area contributed by atoms with E-state index in [2.05, 4.69) is 58.3 Å². The Kier molecular flexibility index (Phi) is 9.16. The Hall–Kier alpha value is -3.08. The van der Waals surface area contributed by atoms with Crippen LogP contribution in [0.1, 0.15) is 42.0 Å². The number of anilines is 1. The van der Waals surface area contributed by atoms with E-state index in [1.54, 1.807) is 0 Å². The highest BCUT2D eigenvalue weighted by Crippen LogP contribution is 2.37. The lowest BCUT2D eigenvalue weighted by atomic mass is 9.99. The van der Waals surface area contributed by atoms with Crippen molar-refractivity contribution in [3.05, 3.63) is 94.5 Å². The fourth-order valence-corrected chi connectivity index (χ4v) is 5.45. The van der Waals surface area contributed by atoms with Crippen LogP contribution in [0.25, 0.3) is 0 Å². The molecular weight excluding hydrogens is 498 g/mol. The lowest BCUT2D eigenvalue weighted by Gasteiger charge is -2.43. The molecule has 0 radical (unpaired) electrons. The van der Waals surface area contributed by atoms with Crippen LogP contribution in [0.15, 0.2) is 72.8 Å². The largest absolute Gasteiger partial charge is 0.491 e. The van der Waals surface area contributed by atoms with Crippen LogP contribution >= 0.6 is 11.6 Å². The van der Waals surface area contributed by atoms with E-state index in [0.29, 0.717) is 23.8 Å². The van der Waals surface area contributed by atoms with Gasteiger partial charge in [0, 0.05) is 38.9 Å². The summed E-state index contributed by atoms with van der Waals surface area (Å²) < 4.78 is 17.3. The summed E-state index contributed by atoms with van der Waals surface area (Å²) in [5.74, 6) is 0.726. The molecule has 0 amide bonds. The predicted octanol–water partition coefficient (Wildman–Crippen LogP) is 6.20. The molecule has 5 rings (SSSR count). The van der Waals surface area contributed by atoms with E-state index in [-0.39, 0.29) is 12.3 Å². The number of nitriles is 1. The zero-order valence-electron chi connectivity index (χ0n) is 21.6. The van der Waals surface area contributed by atoms with Gasteiger partial charge in [-0.2, -0.15) is 5.26 Å². The van der Waals surface area contributed by atoms with Gasteiger partial charge in [0.05, 0.1) is 35.0 Å². The molecule has 6 nitrogen and oxygen atoms in total. The van der Waals surface area contributed by atoms with Crippen molar-refractivity contribution in [1.29, 1.82) is 5.26 Å². The number of hydrogen-bond donors (Lipinski definition) is 0. The van der Waals surface area contributed by atoms with Crippen LogP contribution in [0.5, 0.6) is 5.75 Å². The molecule has 0 saturated carbocycles. The van der Waals surface area contributed by atoms with Crippen molar-refractivity contribution < 1.29 is 14.2 Å². The van der Waals surface area contributed by atoms with Gasteiger partial charge in [-0.25, -0.2) is 0 Å². The third kappa shape index (κ3) is 6.86. The van der Waals surface area contributed by atoms with Crippen molar-refractivity contribution in [2.24, 2.45) is 0 Å². The van der Waals surface area contributed by atoms with Crippen LogP contribution in [0.3, 0.4) is 0 Å². The summed E-state index contributed by atoms with van der Waals surface area (Å²) >= 11 is 6.83. The summed E-state index contributed by atoms with van der Waals surface area (Å²) in [6.45, 7) is 5.22. The van der Waals surface area contributed by atoms with Gasteiger partial charge in [-0.3, -0.25) is 4.90 Å². The maximum absolute atomic E-state index is 9.27. The average Bonchev–Trinajstić information content (AvgIpc) is 2.97. The van der Waals surface area contributed by atoms with Crippen LogP contribution in [-0.4, -0.2) is 50.6 Å². The summed E-state index contributed by atoms with van der Waals surface area (Å²) in [5.41, 5.74) is 4.12. The third-order valence-electron chi connectivity index (χ3n) is 7.16. The monoisotopic (exact) mass is 531 g/mol. The molecule has 38 heavy (non-hydrogen) atoms. The Labute approximate surface area is 230 Å². The number of rotatable bonds is 9. The Morgan fingerprint density at radius 1 is 0.974 bits per heavy atom. The molecule has 2 aliphatic rings. The van der Waals surface area contributed by atoms with E-state index >= 15 is 0 Å². The quantitative estimate of drug-likeness (QED) is 0.306. The molecule has 0 aliphatic carbocycles. The first-order chi connectivity index (χ1) is 18.7. The summed E-state index contributed by atoms with van der Waals surface area (Å²) in [4.78, 5) is 4.86. The molecule has 3 aromatic carbocycles. The number of nitrogens with zero attached hydrogens (tertiary/aromatic N) is 3. The van der Waals surface area contributed by atoms with Gasteiger partial charge in [-0.15, -0.1) is 0 Å². The molecule has 3 aromatic rings. The van der Waals surface area contributed by atoms with Crippen LogP contribution in [0, 0.1) is 11.3 Å². The molecule has 2 fully saturated rings. The molecular formula is C31H34ClN3O3. The van der Waals surface area contributed by atoms with Crippen LogP contribution in [0.2, 0.25) is 5.02 Å². The zero-order chi connectivity index (χ0) is 26.2. The second-order valence-electron chi connectivity index (χ2n) is 9.79. The van der Waals surface area contributed by atoms with Crippen molar-refractivity contribution in [3.8, 4) is 11.8 Å². The molecule has 2 atom stereocenters. The Morgan fingerprint density at radius 2 is 1.82 bits per heavy atom. The molecule has 2 saturated heterocycles. The van der Waals surface area contributed by atoms with Gasteiger partial charge in [0.25, 0.3) is 0 Å². The smallest absolute Gasteiger partial charge is 0.157 e. The fraction of sp³-hybridized carbons (Fsp3) is 0.387. The maximum atomic E-state index is 9.27. The van der Waals surface area contributed by atoms with E-state index < -0.39 is 0 Å². The van der Waals surface area contributed by atoms with Crippen LogP contribution in [-0.2, 0) is 16.0 Å². The number of halogens is 1. The maximum Gasteiger partial charge on any atom is 0.157 e. The number of piperazine rings is 1. The van der Waals surface area contributed by atoms with Gasteiger partial charge in [0.2, 0.25) is 0 Å². The lowest BCUT2D eigenvalue weighted by molar-refractivity contribution is -0.165. The molecule has 7 heteroatoms. The van der Waals surface area contributed by atoms with E-state index in [9.17, 15) is 5.26 Å². The Bertz CT molecular complexity index is 1210. The van der Waals surface area contributed by atoms with Gasteiger partial charge in [-0.1, -0.05) is 54.1 Å². The van der Waals surface area contributed by atoms with Crippen LogP contribution < -0.4 is 9.64 Å². The van der Waals surface area contributed by atoms with E-state index in [0.717, 1.165) is 63.5 Å². The van der Waals surface area contributed by atoms with Gasteiger partial charge in [-0.05, 0) is 54.7 Å². The summed E-state index contributed by atoms with van der Waals surface area (Å²) in [5, 5.41) is 9.93. The van der Waals surface area contributed by atoms with Crippen molar-refractivity contribution in [3.63, 3.8) is 0 Å². The average molecular weight is 532 g/mol. The highest BCUT2D eigenvalue weighted by atomic mass is 35.5. The first kappa shape index (κ1) is 26.5. The minimum Gasteiger partial charge on any atom is -0.491 e. The summed E-state index contributed by atoms with van der Waals surface area (Å²) in [7, 11) is 0. The Balaban J connectivity index is 1.27. The highest BCUT2D eigenvalue weighted by molar-refractivity contribution is 6.33. The first-order valence-corrected chi connectivity index (χ1v) is 13.8. The molecule has 2 aliphatic heterocycles. The molecule has 0 bridgehead atoms. The molecule has 198 valence electrons. The molecule has 1 unspecified atom stereocenters. The topological polar surface area (TPSA) is 58.0 Å². The van der Waals surface area contributed by atoms with Gasteiger partial charge in [0.15, 0.2) is 6.29 Å². The van der Waals surface area contributed by atoms with Crippen molar-refractivity contribution >= 4 is 17.3 Å². The fourth-order valence-electron chi connectivity index (χ4n) is 5.17. The highest BCUT2D eigenvalue weighted by Gasteiger charge is 2.30. The SMILES string of the molecule is N#Cc1ccc([C@@H]2CN(Cc3ccccc3)CCN2c2ccc(OCCOC3CCCCO3)cc2Cl)cc1. The molecule has 0 aromatic heterocycles. The van der Waals surface area contributed by atoms with E-state index in [1.807, 2.05) is 30.3 Å². The summed E-state index contributed by atoms with van der Waals surface area (Å²) in [6, 6.07) is 26.7. The number of hydrogen-bond acceptors (Lipinski definition) is 6. The van der Waals surface area contributed by atoms with Gasteiger partial charge < -0.3 is 19.1 Å². The van der Waals surface area contributed by atoms with Crippen molar-refractivity contribution in [1.82, 2.24) is 4.90 Å². The van der Waals surface area contributed by atoms with Crippen molar-refractivity contribution in [2.75, 3.05) is 44.4 Å². The van der Waals surface area contributed by atoms with Crippen LogP contribution in [0.4, 0.5) is 5.69 Å². The lowest BCUT2D eigenvalue weighted by Crippen LogP contribution is -2.48.